The van der Waals surface area contributed by atoms with Gasteiger partial charge in [0, 0.05) is 13.1 Å². The molecule has 6 heteroatoms. The third kappa shape index (κ3) is 3.54. The topological polar surface area (TPSA) is 87.4 Å². The molecule has 0 saturated heterocycles. The second-order valence-electron chi connectivity index (χ2n) is 4.53. The predicted octanol–water partition coefficient (Wildman–Crippen LogP) is -0.0615. The highest BCUT2D eigenvalue weighted by Gasteiger charge is 2.21. The van der Waals surface area contributed by atoms with E-state index in [9.17, 15) is 9.90 Å². The van der Waals surface area contributed by atoms with E-state index in [1.54, 1.807) is 10.7 Å². The van der Waals surface area contributed by atoms with Gasteiger partial charge in [0.1, 0.15) is 11.3 Å². The monoisotopic (exact) mass is 255 g/mol. The lowest BCUT2D eigenvalue weighted by atomic mass is 10.1. The van der Waals surface area contributed by atoms with E-state index in [1.807, 2.05) is 13.8 Å². The van der Waals surface area contributed by atoms with E-state index in [1.165, 1.54) is 6.92 Å². The van der Waals surface area contributed by atoms with Crippen LogP contribution in [0.3, 0.4) is 0 Å². The Labute approximate surface area is 107 Å². The molecule has 1 unspecified atom stereocenters. The van der Waals surface area contributed by atoms with Crippen LogP contribution >= 0.6 is 0 Å². The van der Waals surface area contributed by atoms with Crippen molar-refractivity contribution in [2.24, 2.45) is 0 Å². The van der Waals surface area contributed by atoms with Gasteiger partial charge in [-0.05, 0) is 26.3 Å². The van der Waals surface area contributed by atoms with Crippen molar-refractivity contribution in [2.45, 2.75) is 39.3 Å². The highest BCUT2D eigenvalue weighted by Crippen LogP contribution is 2.06. The highest BCUT2D eigenvalue weighted by atomic mass is 16.3. The predicted molar refractivity (Wildman–Crippen MR) is 67.3 cm³/mol. The molecule has 1 aromatic rings. The summed E-state index contributed by atoms with van der Waals surface area (Å²) in [4.78, 5) is 12.0. The number of carbonyl (C=O) groups is 1. The lowest BCUT2D eigenvalue weighted by Gasteiger charge is -2.20. The fraction of sp³-hybridized carbons (Fsp3) is 0.667. The Morgan fingerprint density at radius 3 is 2.72 bits per heavy atom. The zero-order valence-corrected chi connectivity index (χ0v) is 11.1. The Balaban J connectivity index is 2.75. The molecule has 0 spiro atoms. The summed E-state index contributed by atoms with van der Waals surface area (Å²) in [5.41, 5.74) is 0.0272. The van der Waals surface area contributed by atoms with Gasteiger partial charge in [-0.15, -0.1) is 0 Å². The number of aromatic nitrogens is 2. The van der Waals surface area contributed by atoms with Crippen molar-refractivity contribution < 1.29 is 15.0 Å². The van der Waals surface area contributed by atoms with Gasteiger partial charge >= 0.3 is 0 Å². The molecule has 0 saturated carbocycles. The first kappa shape index (κ1) is 14.7. The van der Waals surface area contributed by atoms with Crippen LogP contribution in [0, 0.1) is 0 Å². The molecule has 0 aliphatic heterocycles. The molecule has 0 fully saturated rings. The molecule has 3 N–H and O–H groups in total. The van der Waals surface area contributed by atoms with Gasteiger partial charge in [0.2, 0.25) is 0 Å². The van der Waals surface area contributed by atoms with E-state index in [2.05, 4.69) is 10.4 Å². The molecule has 6 nitrogen and oxygen atoms in total. The van der Waals surface area contributed by atoms with Gasteiger partial charge in [0.25, 0.3) is 5.91 Å². The van der Waals surface area contributed by atoms with Crippen LogP contribution in [0.5, 0.6) is 0 Å². The van der Waals surface area contributed by atoms with E-state index in [0.29, 0.717) is 12.2 Å². The van der Waals surface area contributed by atoms with E-state index in [-0.39, 0.29) is 12.5 Å². The van der Waals surface area contributed by atoms with Gasteiger partial charge in [0.05, 0.1) is 12.3 Å². The number of nitrogens with one attached hydrogen (secondary N) is 1. The van der Waals surface area contributed by atoms with Crippen molar-refractivity contribution >= 4 is 5.91 Å². The lowest BCUT2D eigenvalue weighted by Crippen LogP contribution is -2.43. The summed E-state index contributed by atoms with van der Waals surface area (Å²) < 4.78 is 1.63. The van der Waals surface area contributed by atoms with E-state index in [0.717, 1.165) is 12.1 Å². The number of aryl methyl sites for hydroxylation is 2. The van der Waals surface area contributed by atoms with Crippen molar-refractivity contribution in [2.75, 3.05) is 13.2 Å². The van der Waals surface area contributed by atoms with Gasteiger partial charge in [-0.25, -0.2) is 0 Å². The first-order valence-corrected chi connectivity index (χ1v) is 6.11. The number of aliphatic hydroxyl groups excluding tert-OH is 1. The Morgan fingerprint density at radius 1 is 1.56 bits per heavy atom. The maximum absolute atomic E-state index is 12.0. The molecule has 0 bridgehead atoms. The van der Waals surface area contributed by atoms with Gasteiger partial charge in [0.15, 0.2) is 0 Å². The third-order valence-corrected chi connectivity index (χ3v) is 2.70. The third-order valence-electron chi connectivity index (χ3n) is 2.70. The molecule has 1 rings (SSSR count). The van der Waals surface area contributed by atoms with Crippen LogP contribution in [-0.4, -0.2) is 44.7 Å². The average molecular weight is 255 g/mol. The summed E-state index contributed by atoms with van der Waals surface area (Å²) in [6.07, 6.45) is 0.766. The normalized spacial score (nSPS) is 14.3. The number of carbonyl (C=O) groups excluding carboxylic acids is 1. The van der Waals surface area contributed by atoms with Crippen molar-refractivity contribution in [1.82, 2.24) is 15.1 Å². The zero-order chi connectivity index (χ0) is 13.8. The number of rotatable bonds is 6. The van der Waals surface area contributed by atoms with Crippen molar-refractivity contribution in [1.29, 1.82) is 0 Å². The largest absolute Gasteiger partial charge is 0.393 e. The Morgan fingerprint density at radius 2 is 2.22 bits per heavy atom. The molecule has 0 aliphatic carbocycles. The number of hydrogen-bond donors (Lipinski definition) is 3. The van der Waals surface area contributed by atoms with E-state index in [4.69, 9.17) is 5.11 Å². The second kappa shape index (κ2) is 5.97. The molecule has 0 radical (unpaired) electrons. The highest BCUT2D eigenvalue weighted by molar-refractivity contribution is 5.92. The van der Waals surface area contributed by atoms with Gasteiger partial charge < -0.3 is 15.5 Å². The Bertz CT molecular complexity index is 413. The van der Waals surface area contributed by atoms with Crippen LogP contribution in [0.4, 0.5) is 0 Å². The van der Waals surface area contributed by atoms with Crippen LogP contribution in [-0.2, 0) is 13.0 Å². The number of nitrogens with zero attached hydrogens (tertiary/aromatic N) is 2. The molecule has 0 aliphatic rings. The van der Waals surface area contributed by atoms with Crippen molar-refractivity contribution in [3.63, 3.8) is 0 Å². The second-order valence-corrected chi connectivity index (χ2v) is 4.53. The Hall–Kier alpha value is -1.40. The maximum atomic E-state index is 12.0. The minimum atomic E-state index is -1.31. The molecule has 1 amide bonds. The first-order chi connectivity index (χ1) is 8.43. The summed E-state index contributed by atoms with van der Waals surface area (Å²) in [6.45, 7) is 5.55. The van der Waals surface area contributed by atoms with Crippen LogP contribution in [0.1, 0.15) is 37.0 Å². The van der Waals surface area contributed by atoms with Gasteiger partial charge in [-0.3, -0.25) is 9.48 Å². The number of amides is 1. The quantitative estimate of drug-likeness (QED) is 0.664. The van der Waals surface area contributed by atoms with Crippen molar-refractivity contribution in [3.8, 4) is 0 Å². The molecule has 0 aromatic carbocycles. The van der Waals surface area contributed by atoms with Crippen LogP contribution in [0.25, 0.3) is 0 Å². The zero-order valence-electron chi connectivity index (χ0n) is 11.1. The fourth-order valence-electron chi connectivity index (χ4n) is 1.48. The molecule has 1 atom stereocenters. The minimum Gasteiger partial charge on any atom is -0.393 e. The summed E-state index contributed by atoms with van der Waals surface area (Å²) in [7, 11) is 0. The number of hydrogen-bond acceptors (Lipinski definition) is 4. The summed E-state index contributed by atoms with van der Waals surface area (Å²) >= 11 is 0. The standard InChI is InChI=1S/C12H21N3O3/c1-4-9-6-10(15(5-2)14-9)11(17)13-7-12(3,18)8-16/h6,16,18H,4-5,7-8H2,1-3H3,(H,13,17). The maximum Gasteiger partial charge on any atom is 0.269 e. The van der Waals surface area contributed by atoms with Crippen LogP contribution < -0.4 is 5.32 Å². The molecule has 1 aromatic heterocycles. The summed E-state index contributed by atoms with van der Waals surface area (Å²) in [6, 6.07) is 1.74. The number of aliphatic hydroxyl groups is 2. The van der Waals surface area contributed by atoms with Gasteiger partial charge in [-0.1, -0.05) is 6.92 Å². The molecular formula is C12H21N3O3. The molecule has 18 heavy (non-hydrogen) atoms. The molecule has 1 heterocycles. The minimum absolute atomic E-state index is 0.00130. The van der Waals surface area contributed by atoms with Crippen LogP contribution in [0.2, 0.25) is 0 Å². The molecule has 102 valence electrons. The fourth-order valence-corrected chi connectivity index (χ4v) is 1.48. The smallest absolute Gasteiger partial charge is 0.269 e. The SMILES string of the molecule is CCc1cc(C(=O)NCC(C)(O)CO)n(CC)n1. The van der Waals surface area contributed by atoms with E-state index < -0.39 is 12.2 Å². The summed E-state index contributed by atoms with van der Waals surface area (Å²) in [5, 5.41) is 25.4. The average Bonchev–Trinajstić information content (AvgIpc) is 2.79. The molecular weight excluding hydrogens is 234 g/mol. The van der Waals surface area contributed by atoms with E-state index >= 15 is 0 Å². The van der Waals surface area contributed by atoms with Gasteiger partial charge in [-0.2, -0.15) is 5.10 Å². The first-order valence-electron chi connectivity index (χ1n) is 6.11. The van der Waals surface area contributed by atoms with Crippen molar-refractivity contribution in [3.05, 3.63) is 17.5 Å². The van der Waals surface area contributed by atoms with Crippen LogP contribution in [0.15, 0.2) is 6.07 Å². The Kier molecular flexibility index (Phi) is 4.86. The summed E-state index contributed by atoms with van der Waals surface area (Å²) in [5.74, 6) is -0.294. The lowest BCUT2D eigenvalue weighted by molar-refractivity contribution is 0.00312.